The second-order valence-corrected chi connectivity index (χ2v) is 7.27. The van der Waals surface area contributed by atoms with E-state index in [9.17, 15) is 0 Å². The number of benzene rings is 1. The molecule has 2 rings (SSSR count). The van der Waals surface area contributed by atoms with Crippen molar-refractivity contribution in [2.45, 2.75) is 65.2 Å². The normalized spacial score (nSPS) is 22.6. The van der Waals surface area contributed by atoms with E-state index in [1.807, 2.05) is 6.07 Å². The van der Waals surface area contributed by atoms with Gasteiger partial charge < -0.3 is 9.47 Å². The molecular weight excluding hydrogens is 284 g/mol. The number of hydrogen-bond acceptors (Lipinski definition) is 2. The Morgan fingerprint density at radius 2 is 1.74 bits per heavy atom. The number of ether oxygens (including phenoxy) is 2. The van der Waals surface area contributed by atoms with E-state index in [4.69, 9.17) is 9.47 Å². The van der Waals surface area contributed by atoms with Gasteiger partial charge in [0.1, 0.15) is 0 Å². The summed E-state index contributed by atoms with van der Waals surface area (Å²) in [6.07, 6.45) is 10.9. The molecule has 1 aliphatic rings. The minimum absolute atomic E-state index is 0.819. The van der Waals surface area contributed by atoms with Gasteiger partial charge in [0.25, 0.3) is 0 Å². The summed E-state index contributed by atoms with van der Waals surface area (Å²) in [7, 11) is 3.40. The second kappa shape index (κ2) is 9.20. The van der Waals surface area contributed by atoms with E-state index in [0.29, 0.717) is 0 Å². The maximum Gasteiger partial charge on any atom is 0.160 e. The predicted octanol–water partition coefficient (Wildman–Crippen LogP) is 5.88. The van der Waals surface area contributed by atoms with Gasteiger partial charge in [-0.2, -0.15) is 0 Å². The fourth-order valence-electron chi connectivity index (χ4n) is 4.13. The van der Waals surface area contributed by atoms with Crippen molar-refractivity contribution < 1.29 is 9.47 Å². The Labute approximate surface area is 142 Å². The molecule has 1 aliphatic carbocycles. The van der Waals surface area contributed by atoms with Crippen molar-refractivity contribution >= 4 is 0 Å². The van der Waals surface area contributed by atoms with E-state index in [-0.39, 0.29) is 0 Å². The fraction of sp³-hybridized carbons (Fsp3) is 0.714. The van der Waals surface area contributed by atoms with Crippen LogP contribution in [0.15, 0.2) is 18.2 Å². The molecule has 23 heavy (non-hydrogen) atoms. The van der Waals surface area contributed by atoms with E-state index >= 15 is 0 Å². The minimum Gasteiger partial charge on any atom is -0.493 e. The zero-order valence-electron chi connectivity index (χ0n) is 15.4. The Kier molecular flexibility index (Phi) is 7.26. The van der Waals surface area contributed by atoms with E-state index in [1.165, 1.54) is 50.5 Å². The van der Waals surface area contributed by atoms with Gasteiger partial charge in [-0.1, -0.05) is 39.2 Å². The monoisotopic (exact) mass is 318 g/mol. The first-order valence-electron chi connectivity index (χ1n) is 9.38. The lowest BCUT2D eigenvalue weighted by Gasteiger charge is -2.32. The van der Waals surface area contributed by atoms with Crippen molar-refractivity contribution in [3.63, 3.8) is 0 Å². The van der Waals surface area contributed by atoms with Crippen molar-refractivity contribution in [1.29, 1.82) is 0 Å². The smallest absolute Gasteiger partial charge is 0.160 e. The van der Waals surface area contributed by atoms with Crippen LogP contribution in [-0.2, 0) is 6.42 Å². The highest BCUT2D eigenvalue weighted by Gasteiger charge is 2.24. The van der Waals surface area contributed by atoms with Crippen molar-refractivity contribution in [2.24, 2.45) is 17.8 Å². The van der Waals surface area contributed by atoms with E-state index < -0.39 is 0 Å². The van der Waals surface area contributed by atoms with Gasteiger partial charge in [-0.25, -0.2) is 0 Å². The van der Waals surface area contributed by atoms with Crippen LogP contribution >= 0.6 is 0 Å². The lowest BCUT2D eigenvalue weighted by atomic mass is 9.74. The summed E-state index contributed by atoms with van der Waals surface area (Å²) in [4.78, 5) is 0. The van der Waals surface area contributed by atoms with Gasteiger partial charge in [-0.15, -0.1) is 0 Å². The van der Waals surface area contributed by atoms with Gasteiger partial charge in [0.2, 0.25) is 0 Å². The van der Waals surface area contributed by atoms with Crippen molar-refractivity contribution in [1.82, 2.24) is 0 Å². The van der Waals surface area contributed by atoms with Crippen molar-refractivity contribution in [3.8, 4) is 11.5 Å². The third kappa shape index (κ3) is 5.16. The Hall–Kier alpha value is -1.18. The largest absolute Gasteiger partial charge is 0.493 e. The van der Waals surface area contributed by atoms with Crippen molar-refractivity contribution in [3.05, 3.63) is 23.8 Å². The quantitative estimate of drug-likeness (QED) is 0.596. The summed E-state index contributed by atoms with van der Waals surface area (Å²) >= 11 is 0. The molecule has 0 radical (unpaired) electrons. The molecule has 2 nitrogen and oxygen atoms in total. The number of rotatable bonds is 8. The molecule has 0 heterocycles. The summed E-state index contributed by atoms with van der Waals surface area (Å²) in [5.41, 5.74) is 1.36. The maximum absolute atomic E-state index is 5.41. The van der Waals surface area contributed by atoms with Gasteiger partial charge in [0, 0.05) is 0 Å². The summed E-state index contributed by atoms with van der Waals surface area (Å²) < 4.78 is 10.7. The lowest BCUT2D eigenvalue weighted by molar-refractivity contribution is 0.196. The van der Waals surface area contributed by atoms with E-state index in [1.54, 1.807) is 14.2 Å². The Morgan fingerprint density at radius 3 is 2.35 bits per heavy atom. The molecule has 1 unspecified atom stereocenters. The van der Waals surface area contributed by atoms with Gasteiger partial charge >= 0.3 is 0 Å². The zero-order valence-corrected chi connectivity index (χ0v) is 15.4. The highest BCUT2D eigenvalue weighted by Crippen LogP contribution is 2.37. The maximum atomic E-state index is 5.41. The Bertz CT molecular complexity index is 461. The lowest BCUT2D eigenvalue weighted by Crippen LogP contribution is -2.20. The molecule has 0 saturated heterocycles. The van der Waals surface area contributed by atoms with Crippen LogP contribution in [0, 0.1) is 17.8 Å². The Morgan fingerprint density at radius 1 is 1.04 bits per heavy atom. The molecule has 130 valence electrons. The van der Waals surface area contributed by atoms with E-state index in [0.717, 1.165) is 35.7 Å². The number of methoxy groups -OCH3 is 2. The average molecular weight is 319 g/mol. The molecule has 1 fully saturated rings. The molecule has 0 amide bonds. The molecule has 0 spiro atoms. The topological polar surface area (TPSA) is 18.5 Å². The minimum atomic E-state index is 0.819. The fourth-order valence-corrected chi connectivity index (χ4v) is 4.13. The van der Waals surface area contributed by atoms with Gasteiger partial charge in [-0.3, -0.25) is 0 Å². The molecule has 0 aromatic heterocycles. The summed E-state index contributed by atoms with van der Waals surface area (Å²) in [6, 6.07) is 6.32. The predicted molar refractivity (Wildman–Crippen MR) is 97.4 cm³/mol. The number of aryl methyl sites for hydroxylation is 1. The van der Waals surface area contributed by atoms with Crippen LogP contribution in [0.3, 0.4) is 0 Å². The van der Waals surface area contributed by atoms with Crippen LogP contribution < -0.4 is 9.47 Å². The summed E-state index contributed by atoms with van der Waals surface area (Å²) in [5.74, 6) is 4.51. The van der Waals surface area contributed by atoms with Gasteiger partial charge in [0.05, 0.1) is 14.2 Å². The molecular formula is C21H34O2. The summed E-state index contributed by atoms with van der Waals surface area (Å²) in [6.45, 7) is 4.79. The SMILES string of the molecule is CCC(CCCc1ccc(OC)c(OC)c1)C1CCC(C)CC1. The molecule has 1 aromatic carbocycles. The molecule has 0 N–H and O–H groups in total. The molecule has 1 atom stereocenters. The van der Waals surface area contributed by atoms with Crippen LogP contribution in [0.4, 0.5) is 0 Å². The first-order valence-corrected chi connectivity index (χ1v) is 9.38. The molecule has 1 aromatic rings. The van der Waals surface area contributed by atoms with Crippen molar-refractivity contribution in [2.75, 3.05) is 14.2 Å². The standard InChI is InChI=1S/C21H34O2/c1-5-18(19-12-9-16(2)10-13-19)8-6-7-17-11-14-20(22-3)21(15-17)23-4/h11,14-16,18-19H,5-10,12-13H2,1-4H3. The first-order chi connectivity index (χ1) is 11.2. The third-order valence-corrected chi connectivity index (χ3v) is 5.74. The second-order valence-electron chi connectivity index (χ2n) is 7.27. The third-order valence-electron chi connectivity index (χ3n) is 5.74. The molecule has 1 saturated carbocycles. The zero-order chi connectivity index (χ0) is 16.7. The Balaban J connectivity index is 1.83. The van der Waals surface area contributed by atoms with Gasteiger partial charge in [0.15, 0.2) is 11.5 Å². The number of hydrogen-bond donors (Lipinski definition) is 0. The average Bonchev–Trinajstić information content (AvgIpc) is 2.59. The summed E-state index contributed by atoms with van der Waals surface area (Å²) in [5, 5.41) is 0. The molecule has 0 aliphatic heterocycles. The van der Waals surface area contributed by atoms with Crippen LogP contribution in [0.2, 0.25) is 0 Å². The van der Waals surface area contributed by atoms with Gasteiger partial charge in [-0.05, 0) is 67.6 Å². The molecule has 0 bridgehead atoms. The highest BCUT2D eigenvalue weighted by molar-refractivity contribution is 5.42. The first kappa shape index (κ1) is 18.2. The van der Waals surface area contributed by atoms with Crippen LogP contribution in [0.1, 0.15) is 64.4 Å². The molecule has 2 heteroatoms. The van der Waals surface area contributed by atoms with Crippen LogP contribution in [0.5, 0.6) is 11.5 Å². The van der Waals surface area contributed by atoms with Crippen LogP contribution in [-0.4, -0.2) is 14.2 Å². The highest BCUT2D eigenvalue weighted by atomic mass is 16.5. The van der Waals surface area contributed by atoms with Crippen LogP contribution in [0.25, 0.3) is 0 Å². The van der Waals surface area contributed by atoms with E-state index in [2.05, 4.69) is 26.0 Å².